The molecule has 0 saturated heterocycles. The van der Waals surface area contributed by atoms with Crippen LogP contribution in [0.3, 0.4) is 0 Å². The first-order valence-corrected chi connectivity index (χ1v) is 4.75. The van der Waals surface area contributed by atoms with Gasteiger partial charge in [0.1, 0.15) is 0 Å². The molecular weight excluding hydrogens is 164 g/mol. The van der Waals surface area contributed by atoms with Gasteiger partial charge in [-0.2, -0.15) is 0 Å². The summed E-state index contributed by atoms with van der Waals surface area (Å²) in [6.07, 6.45) is 4.39. The predicted molar refractivity (Wildman–Crippen MR) is 54.7 cm³/mol. The molecule has 0 aromatic heterocycles. The summed E-state index contributed by atoms with van der Waals surface area (Å²) in [7, 11) is 0. The van der Waals surface area contributed by atoms with Gasteiger partial charge in [-0.1, -0.05) is 26.8 Å². The smallest absolute Gasteiger partial charge is 0.331 e. The monoisotopic (exact) mass is 184 g/mol. The number of hydrogen-bond donors (Lipinski definition) is 1. The fourth-order valence-electron chi connectivity index (χ4n) is 1.18. The van der Waals surface area contributed by atoms with Crippen LogP contribution in [-0.2, 0) is 4.79 Å². The average Bonchev–Trinajstić information content (AvgIpc) is 1.95. The largest absolute Gasteiger partial charge is 0.478 e. The van der Waals surface area contributed by atoms with Crippen LogP contribution in [-0.4, -0.2) is 11.1 Å². The minimum atomic E-state index is -0.781. The maximum absolute atomic E-state index is 10.6. The molecule has 13 heavy (non-hydrogen) atoms. The van der Waals surface area contributed by atoms with Crippen molar-refractivity contribution in [1.29, 1.82) is 0 Å². The number of rotatable bonds is 4. The highest BCUT2D eigenvalue weighted by Crippen LogP contribution is 2.23. The lowest BCUT2D eigenvalue weighted by Gasteiger charge is -2.17. The molecular formula is C11H20O2. The van der Waals surface area contributed by atoms with E-state index >= 15 is 0 Å². The summed E-state index contributed by atoms with van der Waals surface area (Å²) in [5, 5.41) is 8.73. The Morgan fingerprint density at radius 2 is 1.92 bits per heavy atom. The lowest BCUT2D eigenvalue weighted by atomic mass is 9.89. The quantitative estimate of drug-likeness (QED) is 0.681. The van der Waals surface area contributed by atoms with Crippen LogP contribution in [0.4, 0.5) is 0 Å². The highest BCUT2D eigenvalue weighted by atomic mass is 16.4. The van der Waals surface area contributed by atoms with Crippen LogP contribution in [0.15, 0.2) is 11.6 Å². The number of carbonyl (C=O) groups is 1. The van der Waals surface area contributed by atoms with Crippen LogP contribution < -0.4 is 0 Å². The Bertz CT molecular complexity index is 197. The Morgan fingerprint density at radius 1 is 1.38 bits per heavy atom. The van der Waals surface area contributed by atoms with E-state index in [-0.39, 0.29) is 0 Å². The van der Waals surface area contributed by atoms with Crippen LogP contribution in [0.1, 0.15) is 47.0 Å². The molecule has 0 rings (SSSR count). The SMILES string of the molecule is C/C=C(\CCCC(C)(C)C)C(=O)O. The number of aliphatic carboxylic acids is 1. The lowest BCUT2D eigenvalue weighted by molar-refractivity contribution is -0.132. The summed E-state index contributed by atoms with van der Waals surface area (Å²) in [5.74, 6) is -0.781. The first kappa shape index (κ1) is 12.2. The molecule has 0 aliphatic carbocycles. The molecule has 0 fully saturated rings. The second kappa shape index (κ2) is 5.05. The Hall–Kier alpha value is -0.790. The van der Waals surface area contributed by atoms with Crippen LogP contribution in [0.25, 0.3) is 0 Å². The first-order chi connectivity index (χ1) is 5.87. The second-order valence-corrected chi connectivity index (χ2v) is 4.53. The molecule has 0 aliphatic heterocycles. The maximum Gasteiger partial charge on any atom is 0.331 e. The molecule has 0 spiro atoms. The molecule has 0 atom stereocenters. The number of carboxylic acid groups (broad SMARTS) is 1. The highest BCUT2D eigenvalue weighted by Gasteiger charge is 2.11. The second-order valence-electron chi connectivity index (χ2n) is 4.53. The highest BCUT2D eigenvalue weighted by molar-refractivity contribution is 5.86. The topological polar surface area (TPSA) is 37.3 Å². The van der Waals surface area contributed by atoms with Gasteiger partial charge in [-0.3, -0.25) is 0 Å². The number of allylic oxidation sites excluding steroid dienone is 1. The van der Waals surface area contributed by atoms with Crippen LogP contribution in [0.5, 0.6) is 0 Å². The van der Waals surface area contributed by atoms with E-state index < -0.39 is 5.97 Å². The molecule has 0 amide bonds. The van der Waals surface area contributed by atoms with E-state index in [2.05, 4.69) is 20.8 Å². The van der Waals surface area contributed by atoms with Gasteiger partial charge in [0, 0.05) is 5.57 Å². The Balaban J connectivity index is 3.83. The summed E-state index contributed by atoms with van der Waals surface area (Å²) in [5.41, 5.74) is 0.835. The van der Waals surface area contributed by atoms with Gasteiger partial charge in [-0.25, -0.2) is 4.79 Å². The minimum absolute atomic E-state index is 0.303. The molecule has 0 bridgehead atoms. The van der Waals surface area contributed by atoms with Crippen LogP contribution in [0.2, 0.25) is 0 Å². The van der Waals surface area contributed by atoms with Gasteiger partial charge in [-0.05, 0) is 31.6 Å². The van der Waals surface area contributed by atoms with Gasteiger partial charge in [-0.15, -0.1) is 0 Å². The molecule has 76 valence electrons. The summed E-state index contributed by atoms with van der Waals surface area (Å²) < 4.78 is 0. The molecule has 1 N–H and O–H groups in total. The van der Waals surface area contributed by atoms with Crippen molar-refractivity contribution in [3.05, 3.63) is 11.6 Å². The zero-order valence-corrected chi connectivity index (χ0v) is 9.05. The zero-order valence-electron chi connectivity index (χ0n) is 9.05. The van der Waals surface area contributed by atoms with E-state index in [0.717, 1.165) is 12.8 Å². The minimum Gasteiger partial charge on any atom is -0.478 e. The fraction of sp³-hybridized carbons (Fsp3) is 0.727. The molecule has 0 heterocycles. The molecule has 0 aromatic carbocycles. The Kier molecular flexibility index (Phi) is 4.74. The van der Waals surface area contributed by atoms with Crippen molar-refractivity contribution < 1.29 is 9.90 Å². The van der Waals surface area contributed by atoms with Crippen molar-refractivity contribution in [2.24, 2.45) is 5.41 Å². The lowest BCUT2D eigenvalue weighted by Crippen LogP contribution is -2.06. The van der Waals surface area contributed by atoms with Gasteiger partial charge >= 0.3 is 5.97 Å². The van der Waals surface area contributed by atoms with Gasteiger partial charge in [0.2, 0.25) is 0 Å². The third kappa shape index (κ3) is 6.38. The standard InChI is InChI=1S/C11H20O2/c1-5-9(10(12)13)7-6-8-11(2,3)4/h5H,6-8H2,1-4H3,(H,12,13)/b9-5+. The van der Waals surface area contributed by atoms with Crippen molar-refractivity contribution >= 4 is 5.97 Å². The van der Waals surface area contributed by atoms with E-state index in [1.807, 2.05) is 0 Å². The number of hydrogen-bond acceptors (Lipinski definition) is 1. The molecule has 2 nitrogen and oxygen atoms in total. The van der Waals surface area contributed by atoms with Gasteiger partial charge in [0.25, 0.3) is 0 Å². The fourth-order valence-corrected chi connectivity index (χ4v) is 1.18. The van der Waals surface area contributed by atoms with Crippen molar-refractivity contribution in [2.75, 3.05) is 0 Å². The third-order valence-corrected chi connectivity index (χ3v) is 2.00. The summed E-state index contributed by atoms with van der Waals surface area (Å²) >= 11 is 0. The number of carboxylic acids is 1. The zero-order chi connectivity index (χ0) is 10.5. The Labute approximate surface area is 80.7 Å². The average molecular weight is 184 g/mol. The van der Waals surface area contributed by atoms with Crippen molar-refractivity contribution in [3.63, 3.8) is 0 Å². The van der Waals surface area contributed by atoms with Crippen molar-refractivity contribution in [1.82, 2.24) is 0 Å². The van der Waals surface area contributed by atoms with Crippen LogP contribution >= 0.6 is 0 Å². The summed E-state index contributed by atoms with van der Waals surface area (Å²) in [6.45, 7) is 8.29. The normalized spacial score (nSPS) is 13.1. The van der Waals surface area contributed by atoms with Gasteiger partial charge < -0.3 is 5.11 Å². The van der Waals surface area contributed by atoms with E-state index in [0.29, 0.717) is 17.4 Å². The summed E-state index contributed by atoms with van der Waals surface area (Å²) in [4.78, 5) is 10.6. The predicted octanol–water partition coefficient (Wildman–Crippen LogP) is 3.23. The first-order valence-electron chi connectivity index (χ1n) is 4.75. The molecule has 0 unspecified atom stereocenters. The third-order valence-electron chi connectivity index (χ3n) is 2.00. The van der Waals surface area contributed by atoms with E-state index in [4.69, 9.17) is 5.11 Å². The van der Waals surface area contributed by atoms with Crippen LogP contribution in [0, 0.1) is 5.41 Å². The molecule has 0 radical (unpaired) electrons. The molecule has 0 aromatic rings. The van der Waals surface area contributed by atoms with E-state index in [1.54, 1.807) is 13.0 Å². The molecule has 0 aliphatic rings. The summed E-state index contributed by atoms with van der Waals surface area (Å²) in [6, 6.07) is 0. The van der Waals surface area contributed by atoms with E-state index in [9.17, 15) is 4.79 Å². The molecule has 2 heteroatoms. The maximum atomic E-state index is 10.6. The Morgan fingerprint density at radius 3 is 2.23 bits per heavy atom. The van der Waals surface area contributed by atoms with Crippen molar-refractivity contribution in [3.8, 4) is 0 Å². The molecule has 0 saturated carbocycles. The van der Waals surface area contributed by atoms with Gasteiger partial charge in [0.05, 0.1) is 0 Å². The van der Waals surface area contributed by atoms with Gasteiger partial charge in [0.15, 0.2) is 0 Å². The van der Waals surface area contributed by atoms with Crippen molar-refractivity contribution in [2.45, 2.75) is 47.0 Å². The van der Waals surface area contributed by atoms with E-state index in [1.165, 1.54) is 0 Å².